The molecule has 13 heteroatoms. The van der Waals surface area contributed by atoms with Gasteiger partial charge in [0.1, 0.15) is 5.56 Å². The summed E-state index contributed by atoms with van der Waals surface area (Å²) in [6.45, 7) is 5.14. The van der Waals surface area contributed by atoms with Crippen LogP contribution in [0.15, 0.2) is 32.8 Å². The van der Waals surface area contributed by atoms with Crippen LogP contribution in [0, 0.1) is 5.41 Å². The number of carbonyl (C=O) groups excluding carboxylic acids is 3. The predicted molar refractivity (Wildman–Crippen MR) is 134 cm³/mol. The lowest BCUT2D eigenvalue weighted by Crippen LogP contribution is -2.74. The summed E-state index contributed by atoms with van der Waals surface area (Å²) in [5.41, 5.74) is -1.24. The zero-order chi connectivity index (χ0) is 26.6. The normalized spacial score (nSPS) is 21.2. The van der Waals surface area contributed by atoms with Crippen LogP contribution in [0.25, 0.3) is 0 Å². The Hall–Kier alpha value is -4.26. The fourth-order valence-electron chi connectivity index (χ4n) is 5.44. The number of fused-ring (bicyclic) bond motifs is 4. The van der Waals surface area contributed by atoms with Gasteiger partial charge in [-0.15, -0.1) is 0 Å². The Bertz CT molecular complexity index is 1450. The number of nitrogens with zero attached hydrogens (tertiary/aromatic N) is 4. The van der Waals surface area contributed by atoms with Gasteiger partial charge in [0.15, 0.2) is 5.41 Å². The number of carbonyl (C=O) groups is 3. The molecular formula is C24H27N7O6. The molecule has 3 aliphatic heterocycles. The third-order valence-corrected chi connectivity index (χ3v) is 7.27. The first kappa shape index (κ1) is 24.4. The van der Waals surface area contributed by atoms with E-state index in [0.29, 0.717) is 24.3 Å². The van der Waals surface area contributed by atoms with E-state index >= 15 is 0 Å². The van der Waals surface area contributed by atoms with E-state index in [0.717, 1.165) is 16.8 Å². The van der Waals surface area contributed by atoms with Gasteiger partial charge in [-0.25, -0.2) is 9.59 Å². The Kier molecular flexibility index (Phi) is 5.74. The van der Waals surface area contributed by atoms with Gasteiger partial charge < -0.3 is 14.9 Å². The minimum Gasteiger partial charge on any atom is -0.494 e. The fourth-order valence-corrected chi connectivity index (χ4v) is 5.44. The van der Waals surface area contributed by atoms with Crippen LogP contribution in [0.1, 0.15) is 31.0 Å². The lowest BCUT2D eigenvalue weighted by atomic mass is 9.68. The molecule has 2 fully saturated rings. The molecule has 0 saturated carbocycles. The predicted octanol–water partition coefficient (Wildman–Crippen LogP) is -0.397. The number of benzene rings is 1. The Balaban J connectivity index is 1.57. The Labute approximate surface area is 210 Å². The molecule has 2 aromatic rings. The summed E-state index contributed by atoms with van der Waals surface area (Å²) in [6, 6.07) is 3.57. The van der Waals surface area contributed by atoms with Crippen LogP contribution >= 0.6 is 0 Å². The van der Waals surface area contributed by atoms with Crippen molar-refractivity contribution in [1.29, 1.82) is 0 Å². The molecule has 1 atom stereocenters. The van der Waals surface area contributed by atoms with Crippen molar-refractivity contribution >= 4 is 35.4 Å². The van der Waals surface area contributed by atoms with Gasteiger partial charge in [0.25, 0.3) is 5.56 Å². The van der Waals surface area contributed by atoms with E-state index in [1.54, 1.807) is 26.0 Å². The molecule has 4 heterocycles. The molecule has 0 aliphatic carbocycles. The summed E-state index contributed by atoms with van der Waals surface area (Å²) in [4.78, 5) is 73.2. The van der Waals surface area contributed by atoms with Crippen LogP contribution in [-0.2, 0) is 16.0 Å². The van der Waals surface area contributed by atoms with Crippen LogP contribution in [0.2, 0.25) is 0 Å². The maximum absolute atomic E-state index is 13.2. The Morgan fingerprint density at radius 1 is 1.11 bits per heavy atom. The highest BCUT2D eigenvalue weighted by molar-refractivity contribution is 6.20. The number of anilines is 1. The first-order valence-electron chi connectivity index (χ1n) is 11.9. The smallest absolute Gasteiger partial charge is 0.331 e. The molecule has 5 rings (SSSR count). The SMILES string of the molecule is CC(C)n1c(O)c(C=Nc2ccc3c(c2)CC2(C(=O)NC(=O)NC2=O)[C@H]2CN(C)CCN32)c(=O)[nH]c1=O. The average molecular weight is 510 g/mol. The number of aromatic amines is 1. The molecule has 0 unspecified atom stereocenters. The Morgan fingerprint density at radius 2 is 1.81 bits per heavy atom. The van der Waals surface area contributed by atoms with E-state index in [2.05, 4.69) is 20.6 Å². The van der Waals surface area contributed by atoms with Crippen molar-refractivity contribution in [1.82, 2.24) is 25.1 Å². The molecular weight excluding hydrogens is 482 g/mol. The van der Waals surface area contributed by atoms with Gasteiger partial charge in [0.05, 0.1) is 11.7 Å². The molecule has 1 spiro atoms. The number of nitrogens with one attached hydrogen (secondary N) is 3. The monoisotopic (exact) mass is 509 g/mol. The number of likely N-dealkylation sites (N-methyl/N-ethyl adjacent to an activating group) is 1. The number of H-pyrrole nitrogens is 1. The van der Waals surface area contributed by atoms with Gasteiger partial charge in [-0.1, -0.05) is 0 Å². The van der Waals surface area contributed by atoms with E-state index in [9.17, 15) is 29.1 Å². The largest absolute Gasteiger partial charge is 0.494 e. The quantitative estimate of drug-likeness (QED) is 0.320. The number of barbiturate groups is 1. The highest BCUT2D eigenvalue weighted by Crippen LogP contribution is 2.45. The summed E-state index contributed by atoms with van der Waals surface area (Å²) in [5.74, 6) is -1.78. The van der Waals surface area contributed by atoms with Crippen LogP contribution in [0.3, 0.4) is 0 Å². The highest BCUT2D eigenvalue weighted by atomic mass is 16.3. The molecule has 194 valence electrons. The molecule has 4 N–H and O–H groups in total. The van der Waals surface area contributed by atoms with Gasteiger partial charge in [-0.05, 0) is 51.1 Å². The van der Waals surface area contributed by atoms with E-state index in [4.69, 9.17) is 0 Å². The zero-order valence-electron chi connectivity index (χ0n) is 20.6. The van der Waals surface area contributed by atoms with Crippen molar-refractivity contribution in [2.24, 2.45) is 10.4 Å². The number of piperazine rings is 1. The van der Waals surface area contributed by atoms with Crippen molar-refractivity contribution in [3.8, 4) is 5.88 Å². The third-order valence-electron chi connectivity index (χ3n) is 7.27. The summed E-state index contributed by atoms with van der Waals surface area (Å²) < 4.78 is 1.05. The minimum atomic E-state index is -1.51. The van der Waals surface area contributed by atoms with E-state index in [1.807, 2.05) is 22.9 Å². The molecule has 1 aromatic heterocycles. The molecule has 37 heavy (non-hydrogen) atoms. The lowest BCUT2D eigenvalue weighted by Gasteiger charge is -2.53. The van der Waals surface area contributed by atoms with Crippen LogP contribution in [-0.4, -0.2) is 76.3 Å². The molecule has 13 nitrogen and oxygen atoms in total. The second kappa shape index (κ2) is 8.69. The standard InChI is InChI=1S/C24H27N7O6/c1-12(2)31-19(33)15(18(32)26-23(31)37)10-25-14-4-5-16-13(8-14)9-24(17-11-29(3)6-7-30(16)17)20(34)27-22(36)28-21(24)35/h4-5,8,10,12,17,33H,6-7,9,11H2,1-3H3,(H,26,32,37)(H2,27,28,34,35,36)/t17-/m1/s1. The summed E-state index contributed by atoms with van der Waals surface area (Å²) in [7, 11) is 1.92. The van der Waals surface area contributed by atoms with Gasteiger partial charge >= 0.3 is 11.7 Å². The van der Waals surface area contributed by atoms with E-state index in [-0.39, 0.29) is 12.0 Å². The second-order valence-electron chi connectivity index (χ2n) is 9.89. The lowest BCUT2D eigenvalue weighted by molar-refractivity contribution is -0.147. The van der Waals surface area contributed by atoms with E-state index in [1.165, 1.54) is 6.21 Å². The number of aliphatic imine (C=N–C) groups is 1. The number of aromatic nitrogens is 2. The number of rotatable bonds is 3. The Morgan fingerprint density at radius 3 is 2.49 bits per heavy atom. The fraction of sp³-hybridized carbons (Fsp3) is 0.417. The van der Waals surface area contributed by atoms with Crippen molar-refractivity contribution < 1.29 is 19.5 Å². The molecule has 2 saturated heterocycles. The molecule has 1 aromatic carbocycles. The molecule has 3 aliphatic rings. The highest BCUT2D eigenvalue weighted by Gasteiger charge is 2.60. The molecule has 0 bridgehead atoms. The van der Waals surface area contributed by atoms with Crippen molar-refractivity contribution in [2.45, 2.75) is 32.4 Å². The topological polar surface area (TPSA) is 169 Å². The number of hydrogen-bond donors (Lipinski definition) is 4. The van der Waals surface area contributed by atoms with Gasteiger partial charge in [0, 0.05) is 37.6 Å². The van der Waals surface area contributed by atoms with Gasteiger partial charge in [0.2, 0.25) is 17.7 Å². The maximum atomic E-state index is 13.2. The first-order valence-corrected chi connectivity index (χ1v) is 11.9. The minimum absolute atomic E-state index is 0.0513. The second-order valence-corrected chi connectivity index (χ2v) is 9.89. The van der Waals surface area contributed by atoms with Crippen molar-refractivity contribution in [2.75, 3.05) is 31.6 Å². The maximum Gasteiger partial charge on any atom is 0.331 e. The van der Waals surface area contributed by atoms with Gasteiger partial charge in [-0.3, -0.25) is 39.6 Å². The zero-order valence-corrected chi connectivity index (χ0v) is 20.6. The van der Waals surface area contributed by atoms with Crippen LogP contribution < -0.4 is 26.8 Å². The van der Waals surface area contributed by atoms with E-state index < -0.39 is 52.5 Å². The van der Waals surface area contributed by atoms with Crippen molar-refractivity contribution in [3.05, 3.63) is 50.2 Å². The van der Waals surface area contributed by atoms with Crippen LogP contribution in [0.5, 0.6) is 5.88 Å². The average Bonchev–Trinajstić information content (AvgIpc) is 2.81. The molecule has 4 amide bonds. The number of imide groups is 2. The summed E-state index contributed by atoms with van der Waals surface area (Å²) in [6.07, 6.45) is 1.22. The number of urea groups is 1. The van der Waals surface area contributed by atoms with Gasteiger partial charge in [-0.2, -0.15) is 0 Å². The first-order chi connectivity index (χ1) is 17.5. The number of amides is 4. The third kappa shape index (κ3) is 3.82. The van der Waals surface area contributed by atoms with Crippen LogP contribution in [0.4, 0.5) is 16.2 Å². The molecule has 0 radical (unpaired) electrons. The summed E-state index contributed by atoms with van der Waals surface area (Å²) >= 11 is 0. The van der Waals surface area contributed by atoms with Crippen molar-refractivity contribution in [3.63, 3.8) is 0 Å². The number of aromatic hydroxyl groups is 1. The number of hydrogen-bond acceptors (Lipinski definition) is 9. The summed E-state index contributed by atoms with van der Waals surface area (Å²) in [5, 5.41) is 15.0.